The molecule has 0 heterocycles. The van der Waals surface area contributed by atoms with Crippen molar-refractivity contribution in [1.82, 2.24) is 5.32 Å². The molecule has 98 valence electrons. The topological polar surface area (TPSA) is 70.0 Å². The average Bonchev–Trinajstić information content (AvgIpc) is 2.25. The van der Waals surface area contributed by atoms with Gasteiger partial charge in [0.1, 0.15) is 9.84 Å². The van der Waals surface area contributed by atoms with Crippen molar-refractivity contribution in [3.63, 3.8) is 0 Å². The van der Waals surface area contributed by atoms with E-state index in [1.54, 1.807) is 6.07 Å². The van der Waals surface area contributed by atoms with Crippen molar-refractivity contribution >= 4 is 9.84 Å². The Labute approximate surface area is 109 Å². The third kappa shape index (κ3) is 4.86. The first-order valence-corrected chi connectivity index (χ1v) is 7.78. The van der Waals surface area contributed by atoms with Gasteiger partial charge in [0.2, 0.25) is 0 Å². The SMILES string of the molecule is Cc1cc(C#N)ccc1CNC(C)CS(C)(=O)=O. The summed E-state index contributed by atoms with van der Waals surface area (Å²) in [5, 5.41) is 11.9. The molecule has 1 aromatic rings. The van der Waals surface area contributed by atoms with Gasteiger partial charge >= 0.3 is 0 Å². The number of nitrogens with one attached hydrogen (secondary N) is 1. The van der Waals surface area contributed by atoms with Gasteiger partial charge in [-0.1, -0.05) is 6.07 Å². The van der Waals surface area contributed by atoms with E-state index in [0.29, 0.717) is 12.1 Å². The molecule has 0 saturated heterocycles. The summed E-state index contributed by atoms with van der Waals surface area (Å²) in [6.07, 6.45) is 1.23. The number of nitriles is 1. The molecule has 5 heteroatoms. The minimum Gasteiger partial charge on any atom is -0.309 e. The summed E-state index contributed by atoms with van der Waals surface area (Å²) < 4.78 is 22.3. The van der Waals surface area contributed by atoms with Crippen LogP contribution in [0.25, 0.3) is 0 Å². The second-order valence-corrected chi connectivity index (χ2v) is 6.81. The van der Waals surface area contributed by atoms with Gasteiger partial charge in [-0.05, 0) is 37.1 Å². The lowest BCUT2D eigenvalue weighted by molar-refractivity contribution is 0.559. The molecule has 0 spiro atoms. The van der Waals surface area contributed by atoms with Gasteiger partial charge in [-0.2, -0.15) is 5.26 Å². The number of sulfone groups is 1. The number of aryl methyl sites for hydroxylation is 1. The fraction of sp³-hybridized carbons (Fsp3) is 0.462. The second kappa shape index (κ2) is 5.98. The third-order valence-corrected chi connectivity index (χ3v) is 3.77. The monoisotopic (exact) mass is 266 g/mol. The van der Waals surface area contributed by atoms with Crippen molar-refractivity contribution in [1.29, 1.82) is 5.26 Å². The lowest BCUT2D eigenvalue weighted by Gasteiger charge is -2.14. The van der Waals surface area contributed by atoms with Crippen LogP contribution in [0.5, 0.6) is 0 Å². The zero-order chi connectivity index (χ0) is 13.8. The van der Waals surface area contributed by atoms with E-state index in [9.17, 15) is 8.42 Å². The maximum absolute atomic E-state index is 11.1. The van der Waals surface area contributed by atoms with Crippen LogP contribution >= 0.6 is 0 Å². The molecule has 0 saturated carbocycles. The Morgan fingerprint density at radius 3 is 2.61 bits per heavy atom. The highest BCUT2D eigenvalue weighted by molar-refractivity contribution is 7.90. The highest BCUT2D eigenvalue weighted by atomic mass is 32.2. The smallest absolute Gasteiger partial charge is 0.148 e. The van der Waals surface area contributed by atoms with Crippen LogP contribution in [-0.2, 0) is 16.4 Å². The molecule has 1 aromatic carbocycles. The summed E-state index contributed by atoms with van der Waals surface area (Å²) in [5.74, 6) is 0.127. The van der Waals surface area contributed by atoms with Gasteiger partial charge in [-0.25, -0.2) is 8.42 Å². The molecule has 0 aliphatic carbocycles. The Morgan fingerprint density at radius 2 is 2.11 bits per heavy atom. The standard InChI is InChI=1S/C13H18N2O2S/c1-10-6-12(7-14)4-5-13(10)8-15-11(2)9-18(3,16)17/h4-6,11,15H,8-9H2,1-3H3. The lowest BCUT2D eigenvalue weighted by atomic mass is 10.1. The fourth-order valence-corrected chi connectivity index (χ4v) is 2.79. The van der Waals surface area contributed by atoms with Crippen LogP contribution < -0.4 is 5.32 Å². The summed E-state index contributed by atoms with van der Waals surface area (Å²) in [4.78, 5) is 0. The Kier molecular flexibility index (Phi) is 4.88. The molecule has 1 rings (SSSR count). The molecule has 1 atom stereocenters. The Hall–Kier alpha value is -1.38. The van der Waals surface area contributed by atoms with Crippen molar-refractivity contribution < 1.29 is 8.42 Å². The van der Waals surface area contributed by atoms with Gasteiger partial charge in [0.25, 0.3) is 0 Å². The zero-order valence-corrected chi connectivity index (χ0v) is 11.7. The summed E-state index contributed by atoms with van der Waals surface area (Å²) in [6, 6.07) is 7.50. The van der Waals surface area contributed by atoms with E-state index in [4.69, 9.17) is 5.26 Å². The summed E-state index contributed by atoms with van der Waals surface area (Å²) in [5.41, 5.74) is 2.75. The highest BCUT2D eigenvalue weighted by Crippen LogP contribution is 2.10. The van der Waals surface area contributed by atoms with Gasteiger partial charge in [0.15, 0.2) is 0 Å². The Balaban J connectivity index is 2.62. The van der Waals surface area contributed by atoms with E-state index >= 15 is 0 Å². The van der Waals surface area contributed by atoms with Crippen LogP contribution in [-0.4, -0.2) is 26.5 Å². The second-order valence-electron chi connectivity index (χ2n) is 4.63. The maximum atomic E-state index is 11.1. The van der Waals surface area contributed by atoms with E-state index in [0.717, 1.165) is 11.1 Å². The molecular formula is C13H18N2O2S. The van der Waals surface area contributed by atoms with Crippen LogP contribution in [0.15, 0.2) is 18.2 Å². The minimum absolute atomic E-state index is 0.0879. The van der Waals surface area contributed by atoms with Gasteiger partial charge in [-0.15, -0.1) is 0 Å². The predicted molar refractivity (Wildman–Crippen MR) is 71.9 cm³/mol. The van der Waals surface area contributed by atoms with Crippen LogP contribution in [0.2, 0.25) is 0 Å². The van der Waals surface area contributed by atoms with E-state index in [2.05, 4.69) is 11.4 Å². The van der Waals surface area contributed by atoms with Crippen molar-refractivity contribution in [3.8, 4) is 6.07 Å². The number of hydrogen-bond acceptors (Lipinski definition) is 4. The fourth-order valence-electron chi connectivity index (χ4n) is 1.76. The average molecular weight is 266 g/mol. The van der Waals surface area contributed by atoms with Gasteiger partial charge in [0.05, 0.1) is 17.4 Å². The number of benzene rings is 1. The first kappa shape index (κ1) is 14.7. The van der Waals surface area contributed by atoms with Crippen molar-refractivity contribution in [2.75, 3.05) is 12.0 Å². The van der Waals surface area contributed by atoms with E-state index in [-0.39, 0.29) is 11.8 Å². The largest absolute Gasteiger partial charge is 0.309 e. The maximum Gasteiger partial charge on any atom is 0.148 e. The van der Waals surface area contributed by atoms with Crippen molar-refractivity contribution in [2.45, 2.75) is 26.4 Å². The van der Waals surface area contributed by atoms with E-state index in [1.807, 2.05) is 26.0 Å². The van der Waals surface area contributed by atoms with Crippen molar-refractivity contribution in [3.05, 3.63) is 34.9 Å². The van der Waals surface area contributed by atoms with Crippen LogP contribution in [0.3, 0.4) is 0 Å². The first-order chi connectivity index (χ1) is 8.31. The summed E-state index contributed by atoms with van der Waals surface area (Å²) >= 11 is 0. The molecule has 0 radical (unpaired) electrons. The van der Waals surface area contributed by atoms with Gasteiger partial charge in [-0.3, -0.25) is 0 Å². The normalized spacial score (nSPS) is 13.0. The Bertz CT molecular complexity index is 559. The molecular weight excluding hydrogens is 248 g/mol. The molecule has 0 amide bonds. The number of rotatable bonds is 5. The van der Waals surface area contributed by atoms with Crippen LogP contribution in [0, 0.1) is 18.3 Å². The third-order valence-electron chi connectivity index (χ3n) is 2.67. The number of nitrogens with zero attached hydrogens (tertiary/aromatic N) is 1. The number of hydrogen-bond donors (Lipinski definition) is 1. The first-order valence-electron chi connectivity index (χ1n) is 5.72. The lowest BCUT2D eigenvalue weighted by Crippen LogP contribution is -2.32. The van der Waals surface area contributed by atoms with Gasteiger partial charge in [0, 0.05) is 18.8 Å². The van der Waals surface area contributed by atoms with E-state index in [1.165, 1.54) is 6.26 Å². The molecule has 0 bridgehead atoms. The molecule has 18 heavy (non-hydrogen) atoms. The minimum atomic E-state index is -2.95. The molecule has 1 unspecified atom stereocenters. The highest BCUT2D eigenvalue weighted by Gasteiger charge is 2.10. The Morgan fingerprint density at radius 1 is 1.44 bits per heavy atom. The molecule has 4 nitrogen and oxygen atoms in total. The van der Waals surface area contributed by atoms with Crippen LogP contribution in [0.1, 0.15) is 23.6 Å². The molecule has 1 N–H and O–H groups in total. The van der Waals surface area contributed by atoms with Gasteiger partial charge < -0.3 is 5.32 Å². The van der Waals surface area contributed by atoms with Crippen LogP contribution in [0.4, 0.5) is 0 Å². The molecule has 0 aliphatic rings. The summed E-state index contributed by atoms with van der Waals surface area (Å²) in [7, 11) is -2.95. The molecule has 0 aliphatic heterocycles. The molecule has 0 aromatic heterocycles. The molecule has 0 fully saturated rings. The predicted octanol–water partition coefficient (Wildman–Crippen LogP) is 1.39. The summed E-state index contributed by atoms with van der Waals surface area (Å²) in [6.45, 7) is 4.40. The zero-order valence-electron chi connectivity index (χ0n) is 10.9. The van der Waals surface area contributed by atoms with E-state index < -0.39 is 9.84 Å². The van der Waals surface area contributed by atoms with Crippen molar-refractivity contribution in [2.24, 2.45) is 0 Å². The quantitative estimate of drug-likeness (QED) is 0.874.